The van der Waals surface area contributed by atoms with Gasteiger partial charge in [0, 0.05) is 24.3 Å². The number of carbonyl (C=O) groups excluding carboxylic acids is 2. The predicted octanol–water partition coefficient (Wildman–Crippen LogP) is 5.68. The number of rotatable bonds is 6. The Balaban J connectivity index is 1.58. The van der Waals surface area contributed by atoms with Crippen LogP contribution in [0.4, 0.5) is 11.4 Å². The summed E-state index contributed by atoms with van der Waals surface area (Å²) >= 11 is 0. The normalized spacial score (nSPS) is 14.1. The molecule has 2 amide bonds. The van der Waals surface area contributed by atoms with Crippen LogP contribution in [0.1, 0.15) is 63.1 Å². The molecule has 1 fully saturated rings. The van der Waals surface area contributed by atoms with Gasteiger partial charge in [-0.1, -0.05) is 37.1 Å². The van der Waals surface area contributed by atoms with Crippen LogP contribution in [-0.2, 0) is 10.0 Å². The highest BCUT2D eigenvalue weighted by molar-refractivity contribution is 7.92. The highest BCUT2D eigenvalue weighted by Crippen LogP contribution is 2.24. The fourth-order valence-corrected chi connectivity index (χ4v) is 6.00. The van der Waals surface area contributed by atoms with Gasteiger partial charge in [0.2, 0.25) is 0 Å². The number of anilines is 2. The summed E-state index contributed by atoms with van der Waals surface area (Å²) in [6.45, 7) is 6.89. The van der Waals surface area contributed by atoms with Gasteiger partial charge in [-0.3, -0.25) is 14.3 Å². The second-order valence-electron chi connectivity index (χ2n) is 9.67. The van der Waals surface area contributed by atoms with Gasteiger partial charge >= 0.3 is 0 Å². The van der Waals surface area contributed by atoms with Crippen LogP contribution in [0, 0.1) is 20.8 Å². The van der Waals surface area contributed by atoms with E-state index in [0.29, 0.717) is 35.6 Å². The molecule has 0 bridgehead atoms. The van der Waals surface area contributed by atoms with E-state index < -0.39 is 15.9 Å². The molecule has 1 aliphatic heterocycles. The molecule has 0 saturated carbocycles. The van der Waals surface area contributed by atoms with E-state index in [-0.39, 0.29) is 16.4 Å². The molecular weight excluding hydrogens is 486 g/mol. The third-order valence-electron chi connectivity index (χ3n) is 6.51. The molecule has 0 unspecified atom stereocenters. The van der Waals surface area contributed by atoms with Gasteiger partial charge in [-0.25, -0.2) is 8.42 Å². The third kappa shape index (κ3) is 6.38. The number of hydrogen-bond acceptors (Lipinski definition) is 4. The zero-order chi connectivity index (χ0) is 26.6. The zero-order valence-corrected chi connectivity index (χ0v) is 22.3. The molecule has 1 saturated heterocycles. The third-order valence-corrected chi connectivity index (χ3v) is 8.04. The molecule has 0 spiro atoms. The van der Waals surface area contributed by atoms with Crippen LogP contribution in [0.5, 0.6) is 0 Å². The largest absolute Gasteiger partial charge is 0.339 e. The fraction of sp³-hybridized carbons (Fsp3) is 0.310. The van der Waals surface area contributed by atoms with Gasteiger partial charge < -0.3 is 10.2 Å². The van der Waals surface area contributed by atoms with Crippen molar-refractivity contribution in [3.05, 3.63) is 88.5 Å². The van der Waals surface area contributed by atoms with Crippen molar-refractivity contribution in [2.75, 3.05) is 23.1 Å². The monoisotopic (exact) mass is 519 g/mol. The van der Waals surface area contributed by atoms with Crippen molar-refractivity contribution in [1.29, 1.82) is 0 Å². The number of hydrogen-bond donors (Lipinski definition) is 2. The van der Waals surface area contributed by atoms with E-state index in [1.54, 1.807) is 55.5 Å². The first-order valence-corrected chi connectivity index (χ1v) is 14.0. The van der Waals surface area contributed by atoms with Crippen LogP contribution in [0.25, 0.3) is 0 Å². The fourth-order valence-electron chi connectivity index (χ4n) is 4.69. The van der Waals surface area contributed by atoms with Crippen molar-refractivity contribution in [3.8, 4) is 0 Å². The molecule has 0 atom stereocenters. The molecular formula is C29H33N3O4S. The van der Waals surface area contributed by atoms with Gasteiger partial charge in [0.1, 0.15) is 0 Å². The summed E-state index contributed by atoms with van der Waals surface area (Å²) in [4.78, 5) is 28.3. The molecule has 0 aromatic heterocycles. The van der Waals surface area contributed by atoms with E-state index in [9.17, 15) is 18.0 Å². The maximum absolute atomic E-state index is 13.2. The first kappa shape index (κ1) is 26.4. The lowest BCUT2D eigenvalue weighted by Crippen LogP contribution is -2.32. The van der Waals surface area contributed by atoms with E-state index in [1.807, 2.05) is 24.8 Å². The van der Waals surface area contributed by atoms with Gasteiger partial charge in [-0.15, -0.1) is 0 Å². The first-order chi connectivity index (χ1) is 17.6. The van der Waals surface area contributed by atoms with Crippen LogP contribution < -0.4 is 10.0 Å². The smallest absolute Gasteiger partial charge is 0.262 e. The van der Waals surface area contributed by atoms with Gasteiger partial charge in [0.05, 0.1) is 16.1 Å². The molecule has 1 heterocycles. The van der Waals surface area contributed by atoms with Gasteiger partial charge in [0.15, 0.2) is 0 Å². The van der Waals surface area contributed by atoms with Crippen LogP contribution in [0.3, 0.4) is 0 Å². The molecule has 3 aromatic carbocycles. The second kappa shape index (κ2) is 11.2. The number of benzene rings is 3. The standard InChI is InChI=1S/C29H33N3O4S/c1-20-16-21(2)18-24(17-20)31-37(35,36)27-19-23(13-12-22(27)3)28(33)30-26-11-7-6-10-25(26)29(34)32-14-8-4-5-9-15-32/h6-7,10-13,16-19,31H,4-5,8-9,14-15H2,1-3H3,(H,30,33). The van der Waals surface area contributed by atoms with E-state index in [1.165, 1.54) is 6.07 Å². The van der Waals surface area contributed by atoms with Gasteiger partial charge in [-0.05, 0) is 86.7 Å². The lowest BCUT2D eigenvalue weighted by molar-refractivity contribution is 0.0762. The maximum atomic E-state index is 13.2. The summed E-state index contributed by atoms with van der Waals surface area (Å²) in [5.74, 6) is -0.596. The molecule has 0 aliphatic carbocycles. The number of nitrogens with zero attached hydrogens (tertiary/aromatic N) is 1. The topological polar surface area (TPSA) is 95.6 Å². The highest BCUT2D eigenvalue weighted by atomic mass is 32.2. The Hall–Kier alpha value is -3.65. The van der Waals surface area contributed by atoms with E-state index >= 15 is 0 Å². The van der Waals surface area contributed by atoms with Crippen molar-refractivity contribution in [2.24, 2.45) is 0 Å². The summed E-state index contributed by atoms with van der Waals surface area (Å²) in [7, 11) is -3.94. The molecule has 3 aromatic rings. The summed E-state index contributed by atoms with van der Waals surface area (Å²) < 4.78 is 29.1. The molecule has 194 valence electrons. The van der Waals surface area contributed by atoms with Crippen LogP contribution in [-0.4, -0.2) is 38.2 Å². The zero-order valence-electron chi connectivity index (χ0n) is 21.5. The second-order valence-corrected chi connectivity index (χ2v) is 11.3. The summed E-state index contributed by atoms with van der Waals surface area (Å²) in [6.07, 6.45) is 4.16. The molecule has 37 heavy (non-hydrogen) atoms. The number of nitrogens with one attached hydrogen (secondary N) is 2. The Morgan fingerprint density at radius 2 is 1.46 bits per heavy atom. The number of aryl methyl sites for hydroxylation is 3. The average molecular weight is 520 g/mol. The first-order valence-electron chi connectivity index (χ1n) is 12.6. The number of para-hydroxylation sites is 1. The number of sulfonamides is 1. The van der Waals surface area contributed by atoms with Crippen LogP contribution in [0.15, 0.2) is 65.6 Å². The van der Waals surface area contributed by atoms with Gasteiger partial charge in [0.25, 0.3) is 21.8 Å². The SMILES string of the molecule is Cc1cc(C)cc(NS(=O)(=O)c2cc(C(=O)Nc3ccccc3C(=O)N3CCCCCC3)ccc2C)c1. The van der Waals surface area contributed by atoms with Crippen molar-refractivity contribution >= 4 is 33.2 Å². The van der Waals surface area contributed by atoms with E-state index in [4.69, 9.17) is 0 Å². The quantitative estimate of drug-likeness (QED) is 0.438. The van der Waals surface area contributed by atoms with E-state index in [2.05, 4.69) is 10.0 Å². The number of likely N-dealkylation sites (tertiary alicyclic amines) is 1. The predicted molar refractivity (Wildman–Crippen MR) is 147 cm³/mol. The minimum Gasteiger partial charge on any atom is -0.339 e. The lowest BCUT2D eigenvalue weighted by atomic mass is 10.1. The minimum atomic E-state index is -3.94. The maximum Gasteiger partial charge on any atom is 0.262 e. The highest BCUT2D eigenvalue weighted by Gasteiger charge is 2.23. The summed E-state index contributed by atoms with van der Waals surface area (Å²) in [6, 6.07) is 17.0. The minimum absolute atomic E-state index is 0.0215. The molecule has 0 radical (unpaired) electrons. The Bertz CT molecular complexity index is 1400. The Morgan fingerprint density at radius 1 is 0.811 bits per heavy atom. The average Bonchev–Trinajstić information content (AvgIpc) is 3.13. The number of amides is 2. The molecule has 1 aliphatic rings. The van der Waals surface area contributed by atoms with Gasteiger partial charge in [-0.2, -0.15) is 0 Å². The van der Waals surface area contributed by atoms with E-state index in [0.717, 1.165) is 36.8 Å². The number of carbonyl (C=O) groups is 2. The molecule has 4 rings (SSSR count). The van der Waals surface area contributed by atoms with Crippen molar-refractivity contribution in [3.63, 3.8) is 0 Å². The Morgan fingerprint density at radius 3 is 2.14 bits per heavy atom. The van der Waals surface area contributed by atoms with Crippen molar-refractivity contribution in [1.82, 2.24) is 4.90 Å². The van der Waals surface area contributed by atoms with Crippen molar-refractivity contribution < 1.29 is 18.0 Å². The Labute approximate surface area is 218 Å². The summed E-state index contributed by atoms with van der Waals surface area (Å²) in [5, 5.41) is 2.82. The lowest BCUT2D eigenvalue weighted by Gasteiger charge is -2.22. The van der Waals surface area contributed by atoms with Crippen molar-refractivity contribution in [2.45, 2.75) is 51.3 Å². The van der Waals surface area contributed by atoms with Crippen LogP contribution in [0.2, 0.25) is 0 Å². The van der Waals surface area contributed by atoms with Crippen LogP contribution >= 0.6 is 0 Å². The Kier molecular flexibility index (Phi) is 7.97. The molecule has 8 heteroatoms. The molecule has 7 nitrogen and oxygen atoms in total. The summed E-state index contributed by atoms with van der Waals surface area (Å²) in [5.41, 5.74) is 3.88. The molecule has 2 N–H and O–H groups in total.